The van der Waals surface area contributed by atoms with Crippen molar-refractivity contribution in [1.82, 2.24) is 15.5 Å². The number of carbonyl (C=O) groups excluding carboxylic acids is 2. The van der Waals surface area contributed by atoms with Crippen LogP contribution in [0.4, 0.5) is 4.79 Å². The molecular weight excluding hydrogens is 751 g/mol. The van der Waals surface area contributed by atoms with Gasteiger partial charge >= 0.3 is 12.0 Å². The van der Waals surface area contributed by atoms with Crippen LogP contribution < -0.4 is 10.6 Å². The van der Waals surface area contributed by atoms with Gasteiger partial charge in [0.1, 0.15) is 6.04 Å². The molecule has 1 saturated heterocycles. The molecule has 1 aliphatic heterocycles. The van der Waals surface area contributed by atoms with E-state index in [4.69, 9.17) is 14.2 Å². The summed E-state index contributed by atoms with van der Waals surface area (Å²) in [5, 5.41) is 15.5. The van der Waals surface area contributed by atoms with Crippen molar-refractivity contribution >= 4 is 12.0 Å². The second-order valence-electron chi connectivity index (χ2n) is 15.3. The summed E-state index contributed by atoms with van der Waals surface area (Å²) in [6.45, 7) is 4.65. The molecule has 308 valence electrons. The smallest absolute Gasteiger partial charge is 0.328 e. The quantitative estimate of drug-likeness (QED) is 0.0839. The van der Waals surface area contributed by atoms with Crippen molar-refractivity contribution in [3.8, 4) is 11.1 Å². The Balaban J connectivity index is 1.09. The first-order valence-corrected chi connectivity index (χ1v) is 20.5. The molecule has 6 aromatic rings. The van der Waals surface area contributed by atoms with Gasteiger partial charge < -0.3 is 30.0 Å². The van der Waals surface area contributed by atoms with Gasteiger partial charge in [-0.2, -0.15) is 0 Å². The first-order chi connectivity index (χ1) is 29.4. The molecule has 6 aromatic carbocycles. The van der Waals surface area contributed by atoms with Gasteiger partial charge in [0.15, 0.2) is 6.29 Å². The molecule has 1 heterocycles. The number of benzene rings is 6. The normalized spacial score (nSPS) is 18.1. The molecule has 2 amide bonds. The van der Waals surface area contributed by atoms with Gasteiger partial charge in [0.25, 0.3) is 0 Å². The zero-order chi connectivity index (χ0) is 41.7. The molecule has 0 saturated carbocycles. The Morgan fingerprint density at radius 2 is 1.25 bits per heavy atom. The minimum absolute atomic E-state index is 0.0207. The molecule has 0 spiro atoms. The predicted octanol–water partition coefficient (Wildman–Crippen LogP) is 8.92. The van der Waals surface area contributed by atoms with Crippen LogP contribution in [0.5, 0.6) is 0 Å². The summed E-state index contributed by atoms with van der Waals surface area (Å²) in [6, 6.07) is 53.4. The molecule has 9 heteroatoms. The van der Waals surface area contributed by atoms with Crippen molar-refractivity contribution in [2.75, 3.05) is 13.7 Å². The Labute approximate surface area is 353 Å². The second kappa shape index (κ2) is 20.7. The summed E-state index contributed by atoms with van der Waals surface area (Å²) in [7, 11) is 1.32. The maximum atomic E-state index is 13.1. The van der Waals surface area contributed by atoms with Gasteiger partial charge in [-0.15, -0.1) is 0 Å². The zero-order valence-corrected chi connectivity index (χ0v) is 34.2. The second-order valence-corrected chi connectivity index (χ2v) is 15.3. The maximum absolute atomic E-state index is 13.1. The fraction of sp³-hybridized carbons (Fsp3) is 0.255. The van der Waals surface area contributed by atoms with Crippen molar-refractivity contribution < 1.29 is 28.9 Å². The first-order valence-electron chi connectivity index (χ1n) is 20.5. The zero-order valence-electron chi connectivity index (χ0n) is 34.2. The van der Waals surface area contributed by atoms with E-state index in [2.05, 4.69) is 83.1 Å². The molecule has 5 unspecified atom stereocenters. The number of methoxy groups -OCH3 is 1. The van der Waals surface area contributed by atoms with E-state index in [1.54, 1.807) is 0 Å². The SMILES string of the molecule is COC(=O)C(Cc1ccccc1)NC(=O)NCc1ccccc1-c1ccc(C2OC(CN(Cc3ccccc3)Cc3ccccc3)C(C)C(c3ccc(CO)cc3)O2)cc1. The van der Waals surface area contributed by atoms with E-state index in [1.165, 1.54) is 18.2 Å². The van der Waals surface area contributed by atoms with E-state index >= 15 is 0 Å². The number of rotatable bonds is 16. The van der Waals surface area contributed by atoms with Gasteiger partial charge in [-0.3, -0.25) is 4.90 Å². The molecule has 5 atom stereocenters. The number of urea groups is 1. The molecule has 0 aliphatic carbocycles. The van der Waals surface area contributed by atoms with E-state index in [0.29, 0.717) is 13.0 Å². The lowest BCUT2D eigenvalue weighted by atomic mass is 9.89. The summed E-state index contributed by atoms with van der Waals surface area (Å²) in [4.78, 5) is 28.1. The highest BCUT2D eigenvalue weighted by Gasteiger charge is 2.39. The lowest BCUT2D eigenvalue weighted by Gasteiger charge is -2.43. The fourth-order valence-corrected chi connectivity index (χ4v) is 7.80. The van der Waals surface area contributed by atoms with Crippen LogP contribution >= 0.6 is 0 Å². The van der Waals surface area contributed by atoms with Crippen molar-refractivity contribution in [2.45, 2.75) is 64.1 Å². The standard InChI is InChI=1S/C51H53N3O6/c1-36-47(34-54(32-38-16-8-4-9-17-38)33-39-18-10-5-11-19-39)59-50(60-48(36)42-24-22-40(35-55)23-25-42)43-28-26-41(27-29-43)45-21-13-12-20-44(45)31-52-51(57)53-46(49(56)58-2)30-37-14-6-3-7-15-37/h3-29,36,46-48,50,55H,30-35H2,1-2H3,(H2,52,53,57). The van der Waals surface area contributed by atoms with E-state index in [0.717, 1.165) is 52.0 Å². The van der Waals surface area contributed by atoms with Crippen LogP contribution in [0, 0.1) is 5.92 Å². The number of nitrogens with one attached hydrogen (secondary N) is 2. The summed E-state index contributed by atoms with van der Waals surface area (Å²) in [5.41, 5.74) is 9.03. The van der Waals surface area contributed by atoms with E-state index in [9.17, 15) is 14.7 Å². The highest BCUT2D eigenvalue weighted by atomic mass is 16.7. The van der Waals surface area contributed by atoms with Gasteiger partial charge in [0.05, 0.1) is 25.9 Å². The van der Waals surface area contributed by atoms with Gasteiger partial charge in [0, 0.05) is 44.1 Å². The Morgan fingerprint density at radius 1 is 0.683 bits per heavy atom. The molecule has 3 N–H and O–H groups in total. The summed E-state index contributed by atoms with van der Waals surface area (Å²) in [6.07, 6.45) is -0.727. The Morgan fingerprint density at radius 3 is 1.85 bits per heavy atom. The number of esters is 1. The molecule has 7 rings (SSSR count). The number of amides is 2. The highest BCUT2D eigenvalue weighted by Crippen LogP contribution is 2.42. The number of hydrogen-bond donors (Lipinski definition) is 3. The van der Waals surface area contributed by atoms with Crippen molar-refractivity contribution in [1.29, 1.82) is 0 Å². The van der Waals surface area contributed by atoms with Crippen molar-refractivity contribution in [3.05, 3.63) is 203 Å². The molecule has 0 radical (unpaired) electrons. The number of nitrogens with zero attached hydrogens (tertiary/aromatic N) is 1. The Hall–Kier alpha value is -6.10. The van der Waals surface area contributed by atoms with Crippen LogP contribution in [0.1, 0.15) is 58.3 Å². The molecule has 0 aromatic heterocycles. The van der Waals surface area contributed by atoms with Crippen LogP contribution in [0.15, 0.2) is 164 Å². The average molecular weight is 804 g/mol. The molecule has 60 heavy (non-hydrogen) atoms. The van der Waals surface area contributed by atoms with Gasteiger partial charge in [-0.25, -0.2) is 9.59 Å². The third-order valence-electron chi connectivity index (χ3n) is 11.1. The number of aliphatic hydroxyl groups is 1. The average Bonchev–Trinajstić information content (AvgIpc) is 3.29. The lowest BCUT2D eigenvalue weighted by molar-refractivity contribution is -0.276. The summed E-state index contributed by atoms with van der Waals surface area (Å²) >= 11 is 0. The van der Waals surface area contributed by atoms with Crippen LogP contribution in [0.3, 0.4) is 0 Å². The van der Waals surface area contributed by atoms with Crippen LogP contribution in [-0.2, 0) is 51.7 Å². The third kappa shape index (κ3) is 11.1. The van der Waals surface area contributed by atoms with Crippen molar-refractivity contribution in [3.63, 3.8) is 0 Å². The summed E-state index contributed by atoms with van der Waals surface area (Å²) in [5.74, 6) is -0.490. The minimum Gasteiger partial charge on any atom is -0.467 e. The minimum atomic E-state index is -0.831. The van der Waals surface area contributed by atoms with E-state index < -0.39 is 24.3 Å². The first kappa shape index (κ1) is 42.0. The largest absolute Gasteiger partial charge is 0.467 e. The third-order valence-corrected chi connectivity index (χ3v) is 11.1. The molecule has 1 fully saturated rings. The molecule has 0 bridgehead atoms. The van der Waals surface area contributed by atoms with E-state index in [-0.39, 0.29) is 31.3 Å². The van der Waals surface area contributed by atoms with Crippen LogP contribution in [0.25, 0.3) is 11.1 Å². The van der Waals surface area contributed by atoms with Crippen LogP contribution in [0.2, 0.25) is 0 Å². The number of hydrogen-bond acceptors (Lipinski definition) is 7. The number of aliphatic hydroxyl groups excluding tert-OH is 1. The Bertz CT molecular complexity index is 2210. The highest BCUT2D eigenvalue weighted by molar-refractivity contribution is 5.84. The van der Waals surface area contributed by atoms with Gasteiger partial charge in [0.2, 0.25) is 0 Å². The molecular formula is C51H53N3O6. The summed E-state index contributed by atoms with van der Waals surface area (Å²) < 4.78 is 18.7. The van der Waals surface area contributed by atoms with E-state index in [1.807, 2.05) is 103 Å². The lowest BCUT2D eigenvalue weighted by Crippen LogP contribution is -2.47. The van der Waals surface area contributed by atoms with Gasteiger partial charge in [-0.1, -0.05) is 171 Å². The topological polar surface area (TPSA) is 109 Å². The van der Waals surface area contributed by atoms with Crippen molar-refractivity contribution in [2.24, 2.45) is 5.92 Å². The monoisotopic (exact) mass is 803 g/mol. The number of carbonyl (C=O) groups is 2. The fourth-order valence-electron chi connectivity index (χ4n) is 7.80. The molecule has 1 aliphatic rings. The van der Waals surface area contributed by atoms with Crippen LogP contribution in [-0.4, -0.2) is 47.8 Å². The predicted molar refractivity (Wildman–Crippen MR) is 233 cm³/mol. The van der Waals surface area contributed by atoms with Gasteiger partial charge in [-0.05, 0) is 44.5 Å². The number of ether oxygens (including phenoxy) is 3. The Kier molecular flexibility index (Phi) is 14.5. The molecule has 9 nitrogen and oxygen atoms in total. The maximum Gasteiger partial charge on any atom is 0.328 e.